The zero-order chi connectivity index (χ0) is 11.1. The molecule has 0 radical (unpaired) electrons. The van der Waals surface area contributed by atoms with Gasteiger partial charge in [0.05, 0.1) is 6.10 Å². The van der Waals surface area contributed by atoms with Crippen LogP contribution in [0.25, 0.3) is 0 Å². The highest BCUT2D eigenvalue weighted by molar-refractivity contribution is 6.76. The van der Waals surface area contributed by atoms with Gasteiger partial charge in [0.2, 0.25) is 0 Å². The number of rotatable bonds is 4. The molecule has 1 aliphatic heterocycles. The molecule has 2 rings (SSSR count). The Kier molecular flexibility index (Phi) is 2.99. The summed E-state index contributed by atoms with van der Waals surface area (Å²) in [5.41, 5.74) is 6.41. The van der Waals surface area contributed by atoms with Gasteiger partial charge in [-0.1, -0.05) is 19.6 Å². The molecule has 15 heavy (non-hydrogen) atoms. The molecule has 0 amide bonds. The van der Waals surface area contributed by atoms with Crippen molar-refractivity contribution >= 4 is 8.07 Å². The highest BCUT2D eigenvalue weighted by atomic mass is 28.3. The van der Waals surface area contributed by atoms with Gasteiger partial charge >= 0.3 is 0 Å². The largest absolute Gasteiger partial charge is 0.377 e. The molecule has 1 saturated carbocycles. The molecule has 2 atom stereocenters. The van der Waals surface area contributed by atoms with E-state index in [1.165, 1.54) is 25.3 Å². The quantitative estimate of drug-likeness (QED) is 0.749. The molecule has 0 bridgehead atoms. The van der Waals surface area contributed by atoms with E-state index >= 15 is 0 Å². The van der Waals surface area contributed by atoms with Crippen LogP contribution in [0.4, 0.5) is 0 Å². The van der Waals surface area contributed by atoms with Crippen molar-refractivity contribution in [2.75, 3.05) is 13.2 Å². The lowest BCUT2D eigenvalue weighted by atomic mass is 9.81. The van der Waals surface area contributed by atoms with Crippen molar-refractivity contribution in [3.8, 4) is 0 Å². The van der Waals surface area contributed by atoms with Gasteiger partial charge in [0.15, 0.2) is 0 Å². The second-order valence-corrected chi connectivity index (χ2v) is 12.2. The van der Waals surface area contributed by atoms with Gasteiger partial charge in [-0.15, -0.1) is 0 Å². The molecular formula is C12H25NOSi. The summed E-state index contributed by atoms with van der Waals surface area (Å²) in [5.74, 6) is 0.840. The monoisotopic (exact) mass is 227 g/mol. The molecule has 3 heteroatoms. The fraction of sp³-hybridized carbons (Fsp3) is 1.00. The topological polar surface area (TPSA) is 35.2 Å². The van der Waals surface area contributed by atoms with Crippen molar-refractivity contribution < 1.29 is 4.74 Å². The summed E-state index contributed by atoms with van der Waals surface area (Å²) >= 11 is 0. The van der Waals surface area contributed by atoms with Crippen LogP contribution in [-0.4, -0.2) is 27.3 Å². The van der Waals surface area contributed by atoms with E-state index in [4.69, 9.17) is 10.5 Å². The van der Waals surface area contributed by atoms with Gasteiger partial charge in [-0.2, -0.15) is 0 Å². The summed E-state index contributed by atoms with van der Waals surface area (Å²) < 4.78 is 5.97. The third kappa shape index (κ3) is 2.45. The predicted octanol–water partition coefficient (Wildman–Crippen LogP) is 2.47. The molecule has 2 aliphatic rings. The van der Waals surface area contributed by atoms with Crippen molar-refractivity contribution in [3.63, 3.8) is 0 Å². The van der Waals surface area contributed by atoms with Crippen molar-refractivity contribution in [2.24, 2.45) is 17.1 Å². The van der Waals surface area contributed by atoms with Crippen LogP contribution in [0.15, 0.2) is 0 Å². The Morgan fingerprint density at radius 1 is 1.33 bits per heavy atom. The fourth-order valence-corrected chi connectivity index (χ4v) is 5.91. The smallest absolute Gasteiger partial charge is 0.0669 e. The molecule has 0 aromatic heterocycles. The summed E-state index contributed by atoms with van der Waals surface area (Å²) in [6.07, 6.45) is 4.44. The maximum absolute atomic E-state index is 6.07. The van der Waals surface area contributed by atoms with Crippen LogP contribution in [0.5, 0.6) is 0 Å². The molecule has 2 fully saturated rings. The van der Waals surface area contributed by atoms with E-state index in [1.807, 2.05) is 0 Å². The van der Waals surface area contributed by atoms with E-state index in [0.29, 0.717) is 11.5 Å². The number of hydrogen-bond acceptors (Lipinski definition) is 2. The Labute approximate surface area is 94.6 Å². The standard InChI is InChI=1S/C12H25NOSi/c1-15(2,3)9-12(8-13)6-7-14-11(12)10-4-5-10/h10-11H,4-9,13H2,1-3H3. The van der Waals surface area contributed by atoms with Gasteiger partial charge in [0.1, 0.15) is 0 Å². The van der Waals surface area contributed by atoms with E-state index in [9.17, 15) is 0 Å². The number of ether oxygens (including phenoxy) is 1. The molecule has 2 N–H and O–H groups in total. The second kappa shape index (κ2) is 3.86. The molecule has 0 aromatic rings. The Morgan fingerprint density at radius 2 is 2.00 bits per heavy atom. The van der Waals surface area contributed by atoms with Crippen LogP contribution in [0.2, 0.25) is 25.7 Å². The molecule has 2 nitrogen and oxygen atoms in total. The third-order valence-electron chi connectivity index (χ3n) is 3.84. The van der Waals surface area contributed by atoms with Crippen LogP contribution in [0.3, 0.4) is 0 Å². The second-order valence-electron chi connectivity index (χ2n) is 6.68. The van der Waals surface area contributed by atoms with Crippen LogP contribution in [0.1, 0.15) is 19.3 Å². The Morgan fingerprint density at radius 3 is 2.47 bits per heavy atom. The maximum atomic E-state index is 6.07. The van der Waals surface area contributed by atoms with Gasteiger partial charge in [0, 0.05) is 26.6 Å². The van der Waals surface area contributed by atoms with Gasteiger partial charge < -0.3 is 10.5 Å². The van der Waals surface area contributed by atoms with Crippen molar-refractivity contribution in [3.05, 3.63) is 0 Å². The first-order valence-electron chi connectivity index (χ1n) is 6.29. The zero-order valence-corrected chi connectivity index (χ0v) is 11.4. The Hall–Kier alpha value is 0.137. The summed E-state index contributed by atoms with van der Waals surface area (Å²) in [6.45, 7) is 9.13. The molecule has 1 heterocycles. The molecule has 88 valence electrons. The lowest BCUT2D eigenvalue weighted by molar-refractivity contribution is 0.0418. The average Bonchev–Trinajstić information content (AvgIpc) is 2.87. The molecule has 0 spiro atoms. The summed E-state index contributed by atoms with van der Waals surface area (Å²) in [4.78, 5) is 0. The SMILES string of the molecule is C[Si](C)(C)CC1(CN)CCOC1C1CC1. The van der Waals surface area contributed by atoms with E-state index in [-0.39, 0.29) is 0 Å². The minimum Gasteiger partial charge on any atom is -0.377 e. The first-order valence-corrected chi connectivity index (χ1v) is 9.99. The van der Waals surface area contributed by atoms with Crippen molar-refractivity contribution in [1.29, 1.82) is 0 Å². The van der Waals surface area contributed by atoms with Crippen LogP contribution in [0, 0.1) is 11.3 Å². The molecule has 2 unspecified atom stereocenters. The van der Waals surface area contributed by atoms with E-state index in [0.717, 1.165) is 19.1 Å². The molecule has 1 saturated heterocycles. The predicted molar refractivity (Wildman–Crippen MR) is 66.7 cm³/mol. The average molecular weight is 227 g/mol. The van der Waals surface area contributed by atoms with Crippen molar-refractivity contribution in [2.45, 2.75) is 51.1 Å². The van der Waals surface area contributed by atoms with Crippen molar-refractivity contribution in [1.82, 2.24) is 0 Å². The molecule has 0 aromatic carbocycles. The number of hydrogen-bond donors (Lipinski definition) is 1. The van der Waals surface area contributed by atoms with E-state index in [2.05, 4.69) is 19.6 Å². The minimum absolute atomic E-state index is 0.339. The Balaban J connectivity index is 2.11. The lowest BCUT2D eigenvalue weighted by Crippen LogP contribution is -2.44. The summed E-state index contributed by atoms with van der Waals surface area (Å²) in [7, 11) is -1.04. The first kappa shape index (κ1) is 11.6. The van der Waals surface area contributed by atoms with Gasteiger partial charge in [-0.05, 0) is 31.2 Å². The maximum Gasteiger partial charge on any atom is 0.0669 e. The van der Waals surface area contributed by atoms with Gasteiger partial charge in [0.25, 0.3) is 0 Å². The highest BCUT2D eigenvalue weighted by Crippen LogP contribution is 2.50. The fourth-order valence-electron chi connectivity index (χ4n) is 3.28. The van der Waals surface area contributed by atoms with E-state index < -0.39 is 8.07 Å². The summed E-state index contributed by atoms with van der Waals surface area (Å²) in [5, 5.41) is 0. The molecule has 1 aliphatic carbocycles. The lowest BCUT2D eigenvalue weighted by Gasteiger charge is -2.37. The molecular weight excluding hydrogens is 202 g/mol. The van der Waals surface area contributed by atoms with Crippen LogP contribution < -0.4 is 5.73 Å². The van der Waals surface area contributed by atoms with Gasteiger partial charge in [-0.25, -0.2) is 0 Å². The Bertz CT molecular complexity index is 234. The van der Waals surface area contributed by atoms with E-state index in [1.54, 1.807) is 0 Å². The number of nitrogens with two attached hydrogens (primary N) is 1. The minimum atomic E-state index is -1.04. The normalized spacial score (nSPS) is 37.2. The third-order valence-corrected chi connectivity index (χ3v) is 5.60. The zero-order valence-electron chi connectivity index (χ0n) is 10.4. The van der Waals surface area contributed by atoms with Gasteiger partial charge in [-0.3, -0.25) is 0 Å². The van der Waals surface area contributed by atoms with Crippen LogP contribution >= 0.6 is 0 Å². The van der Waals surface area contributed by atoms with Crippen LogP contribution in [-0.2, 0) is 4.74 Å². The summed E-state index contributed by atoms with van der Waals surface area (Å²) in [6, 6.07) is 1.34. The highest BCUT2D eigenvalue weighted by Gasteiger charge is 2.51. The first-order chi connectivity index (χ1) is 6.97.